The first-order valence-corrected chi connectivity index (χ1v) is 18.8. The van der Waals surface area contributed by atoms with Crippen molar-refractivity contribution in [2.75, 3.05) is 13.7 Å². The Morgan fingerprint density at radius 3 is 2.59 bits per heavy atom. The molecule has 3 N–H and O–H groups in total. The summed E-state index contributed by atoms with van der Waals surface area (Å²) in [6.07, 6.45) is 9.23. The van der Waals surface area contributed by atoms with Gasteiger partial charge in [-0.3, -0.25) is 9.59 Å². The van der Waals surface area contributed by atoms with Gasteiger partial charge in [-0.1, -0.05) is 18.6 Å². The summed E-state index contributed by atoms with van der Waals surface area (Å²) in [5, 5.41) is 16.6. The van der Waals surface area contributed by atoms with E-state index in [0.717, 1.165) is 44.9 Å². The molecular formula is C37H47BrN4O9. The quantitative estimate of drug-likeness (QED) is 0.285. The van der Waals surface area contributed by atoms with Crippen LogP contribution in [0.3, 0.4) is 0 Å². The molecule has 6 rings (SSSR count). The van der Waals surface area contributed by atoms with Crippen LogP contribution in [0.5, 0.6) is 17.4 Å². The lowest BCUT2D eigenvalue weighted by atomic mass is 10.0. The molecule has 2 saturated carbocycles. The normalized spacial score (nSPS) is 27.8. The van der Waals surface area contributed by atoms with Crippen LogP contribution in [0.25, 0.3) is 10.9 Å². The summed E-state index contributed by atoms with van der Waals surface area (Å²) in [4.78, 5) is 59.6. The van der Waals surface area contributed by atoms with Gasteiger partial charge < -0.3 is 39.6 Å². The van der Waals surface area contributed by atoms with Crippen LogP contribution in [-0.4, -0.2) is 88.5 Å². The van der Waals surface area contributed by atoms with Crippen molar-refractivity contribution < 1.29 is 43.2 Å². The highest BCUT2D eigenvalue weighted by Crippen LogP contribution is 2.46. The molecule has 3 fully saturated rings. The van der Waals surface area contributed by atoms with Gasteiger partial charge in [-0.15, -0.1) is 0 Å². The largest absolute Gasteiger partial charge is 0.495 e. The minimum Gasteiger partial charge on any atom is -0.495 e. The number of fused-ring (bicyclic) bond motifs is 3. The molecule has 2 aromatic rings. The minimum absolute atomic E-state index is 0.0455. The van der Waals surface area contributed by atoms with Crippen molar-refractivity contribution >= 4 is 50.7 Å². The maximum Gasteiger partial charge on any atom is 0.407 e. The number of hydrogen-bond acceptors (Lipinski definition) is 9. The molecule has 3 heterocycles. The standard InChI is InChI=1S/C37H47BrN4O9/c1-21(2)49-30-18-29(26-14-15-28(48-3)32(38)33(26)40-30)50-25-17-27-34(44)41-37(35(45)46)19-22(37)10-6-4-5-7-11-23(16-31(43)42(27)20-25)39-36(47)51-24-12-8-9-13-24/h6,10,14-15,18,21-25,27H,4-5,7-9,11-13,16-17,19-20H2,1-3H3,(H,39,47)(H,41,44)(H,45,46)/b10-6-/t22-,23+,25-,27+,37-/m1/s1. The Bertz CT molecular complexity index is 1680. The lowest BCUT2D eigenvalue weighted by Crippen LogP contribution is -2.53. The zero-order valence-electron chi connectivity index (χ0n) is 29.3. The number of ether oxygens (including phenoxy) is 4. The minimum atomic E-state index is -1.43. The number of carbonyl (C=O) groups is 4. The SMILES string of the molecule is COc1ccc2c(O[C@@H]3C[C@H]4C(=O)N[C@]5(C(=O)O)C[C@H]5/C=C\CCCC[C@H](NC(=O)OC5CCCC5)CC(=O)N4C3)cc(OC(C)C)nc2c1Br. The first kappa shape index (κ1) is 36.7. The first-order chi connectivity index (χ1) is 24.5. The Morgan fingerprint density at radius 2 is 1.86 bits per heavy atom. The fraction of sp³-hybridized carbons (Fsp3) is 0.595. The van der Waals surface area contributed by atoms with Crippen molar-refractivity contribution in [2.45, 2.75) is 120 Å². The summed E-state index contributed by atoms with van der Waals surface area (Å²) in [5.74, 6) is -0.991. The van der Waals surface area contributed by atoms with E-state index in [0.29, 0.717) is 39.2 Å². The molecule has 3 amide bonds. The third kappa shape index (κ3) is 8.37. The Hall–Kier alpha value is -4.07. The van der Waals surface area contributed by atoms with E-state index in [1.54, 1.807) is 19.2 Å². The van der Waals surface area contributed by atoms with Crippen LogP contribution in [0.4, 0.5) is 4.79 Å². The number of hydrogen-bond donors (Lipinski definition) is 3. The maximum absolute atomic E-state index is 14.1. The van der Waals surface area contributed by atoms with Gasteiger partial charge >= 0.3 is 12.1 Å². The van der Waals surface area contributed by atoms with Crippen molar-refractivity contribution in [3.05, 3.63) is 34.8 Å². The van der Waals surface area contributed by atoms with Gasteiger partial charge in [0.05, 0.1) is 29.7 Å². The predicted molar refractivity (Wildman–Crippen MR) is 191 cm³/mol. The van der Waals surface area contributed by atoms with E-state index in [2.05, 4.69) is 31.5 Å². The Labute approximate surface area is 305 Å². The molecule has 5 atom stereocenters. The number of carboxylic acid groups (broad SMARTS) is 1. The number of alkyl carbamates (subject to hydrolysis) is 1. The second-order valence-corrected chi connectivity index (χ2v) is 15.1. The van der Waals surface area contributed by atoms with Crippen molar-refractivity contribution in [1.29, 1.82) is 0 Å². The van der Waals surface area contributed by atoms with Crippen LogP contribution >= 0.6 is 15.9 Å². The average Bonchev–Trinajstić information content (AvgIpc) is 3.35. The smallest absolute Gasteiger partial charge is 0.407 e. The van der Waals surface area contributed by atoms with Crippen LogP contribution < -0.4 is 24.8 Å². The van der Waals surface area contributed by atoms with Crippen molar-refractivity contribution in [2.24, 2.45) is 5.92 Å². The van der Waals surface area contributed by atoms with Gasteiger partial charge in [-0.2, -0.15) is 0 Å². The Kier molecular flexibility index (Phi) is 11.3. The molecule has 2 aliphatic carbocycles. The number of rotatable bonds is 8. The number of halogens is 1. The van der Waals surface area contributed by atoms with E-state index >= 15 is 0 Å². The molecule has 1 aromatic carbocycles. The Morgan fingerprint density at radius 1 is 1.10 bits per heavy atom. The summed E-state index contributed by atoms with van der Waals surface area (Å²) in [7, 11) is 1.56. The zero-order valence-corrected chi connectivity index (χ0v) is 30.9. The number of carbonyl (C=O) groups excluding carboxylic acids is 3. The molecular weight excluding hydrogens is 724 g/mol. The number of nitrogens with one attached hydrogen (secondary N) is 2. The van der Waals surface area contributed by atoms with E-state index in [-0.39, 0.29) is 49.8 Å². The second-order valence-electron chi connectivity index (χ2n) is 14.3. The molecule has 276 valence electrons. The predicted octanol–water partition coefficient (Wildman–Crippen LogP) is 5.66. The van der Waals surface area contributed by atoms with Gasteiger partial charge in [0.2, 0.25) is 17.7 Å². The van der Waals surface area contributed by atoms with E-state index in [1.165, 1.54) is 4.90 Å². The highest BCUT2D eigenvalue weighted by atomic mass is 79.9. The number of pyridine rings is 1. The zero-order chi connectivity index (χ0) is 36.3. The molecule has 4 aliphatic rings. The van der Waals surface area contributed by atoms with Gasteiger partial charge in [0.15, 0.2) is 0 Å². The van der Waals surface area contributed by atoms with E-state index in [4.69, 9.17) is 18.9 Å². The van der Waals surface area contributed by atoms with Gasteiger partial charge in [-0.05, 0) is 93.3 Å². The highest BCUT2D eigenvalue weighted by molar-refractivity contribution is 9.10. The molecule has 13 nitrogen and oxygen atoms in total. The molecule has 51 heavy (non-hydrogen) atoms. The van der Waals surface area contributed by atoms with E-state index in [1.807, 2.05) is 32.1 Å². The number of nitrogens with zero attached hydrogens (tertiary/aromatic N) is 2. The number of allylic oxidation sites excluding steroid dienone is 1. The fourth-order valence-electron chi connectivity index (χ4n) is 7.42. The maximum atomic E-state index is 14.1. The summed E-state index contributed by atoms with van der Waals surface area (Å²) in [6, 6.07) is 3.80. The summed E-state index contributed by atoms with van der Waals surface area (Å²) >= 11 is 3.59. The lowest BCUT2D eigenvalue weighted by molar-refractivity contribution is -0.145. The Balaban J connectivity index is 1.28. The number of benzene rings is 1. The molecule has 0 radical (unpaired) electrons. The summed E-state index contributed by atoms with van der Waals surface area (Å²) in [5.41, 5.74) is -0.871. The van der Waals surface area contributed by atoms with Crippen molar-refractivity contribution in [3.8, 4) is 17.4 Å². The number of amides is 3. The van der Waals surface area contributed by atoms with Gasteiger partial charge in [0.1, 0.15) is 35.3 Å². The number of carboxylic acids is 1. The molecule has 0 spiro atoms. The van der Waals surface area contributed by atoms with Crippen LogP contribution in [0, 0.1) is 5.92 Å². The molecule has 2 aliphatic heterocycles. The number of aliphatic carboxylic acids is 1. The van der Waals surface area contributed by atoms with Gasteiger partial charge in [-0.25, -0.2) is 14.6 Å². The first-order valence-electron chi connectivity index (χ1n) is 18.0. The van der Waals surface area contributed by atoms with Crippen LogP contribution in [0.15, 0.2) is 34.8 Å². The van der Waals surface area contributed by atoms with Gasteiger partial charge in [0, 0.05) is 36.3 Å². The summed E-state index contributed by atoms with van der Waals surface area (Å²) < 4.78 is 24.3. The molecule has 1 aromatic heterocycles. The van der Waals surface area contributed by atoms with E-state index in [9.17, 15) is 24.3 Å². The van der Waals surface area contributed by atoms with Gasteiger partial charge in [0.25, 0.3) is 0 Å². The molecule has 0 unspecified atom stereocenters. The molecule has 0 bridgehead atoms. The third-order valence-electron chi connectivity index (χ3n) is 10.2. The lowest BCUT2D eigenvalue weighted by Gasteiger charge is -2.27. The third-order valence-corrected chi connectivity index (χ3v) is 10.9. The van der Waals surface area contributed by atoms with Crippen molar-refractivity contribution in [1.82, 2.24) is 20.5 Å². The van der Waals surface area contributed by atoms with Crippen LogP contribution in [0.2, 0.25) is 0 Å². The second kappa shape index (κ2) is 15.7. The average molecular weight is 772 g/mol. The molecule has 1 saturated heterocycles. The monoisotopic (exact) mass is 770 g/mol. The summed E-state index contributed by atoms with van der Waals surface area (Å²) in [6.45, 7) is 3.85. The molecule has 14 heteroatoms. The highest BCUT2D eigenvalue weighted by Gasteiger charge is 2.61. The number of aromatic nitrogens is 1. The topological polar surface area (TPSA) is 166 Å². The van der Waals surface area contributed by atoms with Crippen LogP contribution in [-0.2, 0) is 19.1 Å². The van der Waals surface area contributed by atoms with E-state index < -0.39 is 41.7 Å². The van der Waals surface area contributed by atoms with Crippen LogP contribution in [0.1, 0.15) is 84.5 Å². The number of methoxy groups -OCH3 is 1. The van der Waals surface area contributed by atoms with Crippen molar-refractivity contribution in [3.63, 3.8) is 0 Å². The fourth-order valence-corrected chi connectivity index (χ4v) is 8.02.